The number of hydrogen-bond acceptors (Lipinski definition) is 4. The van der Waals surface area contributed by atoms with Gasteiger partial charge in [0, 0.05) is 17.8 Å². The second-order valence-electron chi connectivity index (χ2n) is 11.2. The SMILES string of the molecule is CC12CC=C3C=C4C(O)C(O)CCC45CCC3(O5)C1CCC2c1ccc2ccncc2c1. The van der Waals surface area contributed by atoms with Gasteiger partial charge in [-0.2, -0.15) is 0 Å². The maximum Gasteiger partial charge on any atom is 0.104 e. The third-order valence-corrected chi connectivity index (χ3v) is 9.86. The summed E-state index contributed by atoms with van der Waals surface area (Å²) in [6, 6.07) is 9.01. The summed E-state index contributed by atoms with van der Waals surface area (Å²) < 4.78 is 7.12. The topological polar surface area (TPSA) is 62.6 Å². The number of allylic oxidation sites excluding steroid dienone is 1. The first kappa shape index (κ1) is 19.5. The Bertz CT molecular complexity index is 1190. The van der Waals surface area contributed by atoms with Crippen LogP contribution in [0.2, 0.25) is 0 Å². The van der Waals surface area contributed by atoms with Crippen molar-refractivity contribution >= 4 is 10.8 Å². The molecule has 4 heteroatoms. The van der Waals surface area contributed by atoms with Crippen LogP contribution in [0.1, 0.15) is 63.4 Å². The first-order valence-corrected chi connectivity index (χ1v) is 12.3. The second kappa shape index (κ2) is 6.31. The van der Waals surface area contributed by atoms with E-state index in [9.17, 15) is 10.2 Å². The highest BCUT2D eigenvalue weighted by molar-refractivity contribution is 5.82. The van der Waals surface area contributed by atoms with Crippen molar-refractivity contribution in [2.75, 3.05) is 0 Å². The maximum absolute atomic E-state index is 10.8. The molecule has 2 aliphatic heterocycles. The molecule has 2 N–H and O–H groups in total. The number of aromatic nitrogens is 1. The molecule has 5 aliphatic rings. The first-order valence-electron chi connectivity index (χ1n) is 12.3. The van der Waals surface area contributed by atoms with E-state index in [0.29, 0.717) is 18.3 Å². The standard InChI is InChI=1S/C28H31NO3/c1-26-9-6-20-15-22-25(31)23(30)7-10-27(22)11-12-28(20,32-27)24(26)5-4-21(26)18-3-2-17-8-13-29-16-19(17)14-18/h2-3,6,8,13-16,21,23-25,30-31H,4-5,7,9-12H2,1H3. The highest BCUT2D eigenvalue weighted by atomic mass is 16.5. The van der Waals surface area contributed by atoms with Gasteiger partial charge in [0.2, 0.25) is 0 Å². The average Bonchev–Trinajstić information content (AvgIpc) is 3.32. The summed E-state index contributed by atoms with van der Waals surface area (Å²) in [6.45, 7) is 2.48. The van der Waals surface area contributed by atoms with E-state index in [1.165, 1.54) is 34.8 Å². The third-order valence-electron chi connectivity index (χ3n) is 9.86. The number of aliphatic hydroxyl groups excluding tert-OH is 2. The molecule has 3 fully saturated rings. The number of benzene rings is 1. The fourth-order valence-electron chi connectivity index (χ4n) is 8.25. The molecule has 1 aromatic carbocycles. The van der Waals surface area contributed by atoms with E-state index in [-0.39, 0.29) is 16.6 Å². The van der Waals surface area contributed by atoms with Gasteiger partial charge < -0.3 is 14.9 Å². The molecule has 1 aromatic heterocycles. The van der Waals surface area contributed by atoms with Gasteiger partial charge in [-0.05, 0) is 96.4 Å². The minimum Gasteiger partial charge on any atom is -0.390 e. The van der Waals surface area contributed by atoms with Crippen LogP contribution in [0.4, 0.5) is 0 Å². The van der Waals surface area contributed by atoms with Crippen molar-refractivity contribution in [1.82, 2.24) is 4.98 Å². The van der Waals surface area contributed by atoms with Crippen LogP contribution < -0.4 is 0 Å². The summed E-state index contributed by atoms with van der Waals surface area (Å²) in [5, 5.41) is 23.5. The number of pyridine rings is 1. The monoisotopic (exact) mass is 429 g/mol. The molecule has 7 unspecified atom stereocenters. The predicted molar refractivity (Wildman–Crippen MR) is 123 cm³/mol. The van der Waals surface area contributed by atoms with Gasteiger partial charge in [0.05, 0.1) is 17.3 Å². The lowest BCUT2D eigenvalue weighted by molar-refractivity contribution is -0.152. The van der Waals surface area contributed by atoms with E-state index in [2.05, 4.69) is 48.3 Å². The van der Waals surface area contributed by atoms with Crippen molar-refractivity contribution in [2.45, 2.75) is 81.2 Å². The Balaban J connectivity index is 1.31. The molecule has 2 bridgehead atoms. The predicted octanol–water partition coefficient (Wildman–Crippen LogP) is 4.81. The Hall–Kier alpha value is -2.01. The summed E-state index contributed by atoms with van der Waals surface area (Å²) in [7, 11) is 0. The molecule has 166 valence electrons. The number of rotatable bonds is 1. The highest BCUT2D eigenvalue weighted by Crippen LogP contribution is 2.69. The van der Waals surface area contributed by atoms with Gasteiger partial charge in [-0.1, -0.05) is 31.2 Å². The van der Waals surface area contributed by atoms with Gasteiger partial charge in [-0.15, -0.1) is 0 Å². The minimum absolute atomic E-state index is 0.156. The molecule has 3 heterocycles. The van der Waals surface area contributed by atoms with Crippen molar-refractivity contribution in [2.24, 2.45) is 11.3 Å². The summed E-state index contributed by atoms with van der Waals surface area (Å²) in [5.74, 6) is 0.985. The molecule has 2 saturated carbocycles. The van der Waals surface area contributed by atoms with Crippen LogP contribution >= 0.6 is 0 Å². The number of fused-ring (bicyclic) bond motifs is 2. The summed E-state index contributed by atoms with van der Waals surface area (Å²) in [4.78, 5) is 4.34. The van der Waals surface area contributed by atoms with E-state index in [0.717, 1.165) is 31.3 Å². The van der Waals surface area contributed by atoms with Gasteiger partial charge in [0.1, 0.15) is 6.10 Å². The summed E-state index contributed by atoms with van der Waals surface area (Å²) in [6.07, 6.45) is 13.8. The van der Waals surface area contributed by atoms with Crippen molar-refractivity contribution < 1.29 is 14.9 Å². The normalized spacial score (nSPS) is 44.5. The molecular weight excluding hydrogens is 398 g/mol. The number of hydrogen-bond donors (Lipinski definition) is 2. The van der Waals surface area contributed by atoms with E-state index < -0.39 is 12.2 Å². The smallest absolute Gasteiger partial charge is 0.104 e. The Morgan fingerprint density at radius 2 is 1.94 bits per heavy atom. The average molecular weight is 430 g/mol. The first-order chi connectivity index (χ1) is 15.5. The number of nitrogens with zero attached hydrogens (tertiary/aromatic N) is 1. The molecular formula is C28H31NO3. The third kappa shape index (κ3) is 2.31. The van der Waals surface area contributed by atoms with Gasteiger partial charge in [0.25, 0.3) is 0 Å². The van der Waals surface area contributed by atoms with Crippen LogP contribution in [-0.2, 0) is 4.74 Å². The van der Waals surface area contributed by atoms with Crippen LogP contribution in [0.25, 0.3) is 10.8 Å². The van der Waals surface area contributed by atoms with Crippen LogP contribution in [0.5, 0.6) is 0 Å². The van der Waals surface area contributed by atoms with Gasteiger partial charge in [0.15, 0.2) is 0 Å². The Labute approximate surface area is 189 Å². The molecule has 1 saturated heterocycles. The summed E-state index contributed by atoms with van der Waals surface area (Å²) >= 11 is 0. The number of ether oxygens (including phenoxy) is 1. The van der Waals surface area contributed by atoms with Crippen LogP contribution in [0.3, 0.4) is 0 Å². The van der Waals surface area contributed by atoms with E-state index in [1.54, 1.807) is 0 Å². The molecule has 0 amide bonds. The Kier molecular flexibility index (Phi) is 3.84. The Morgan fingerprint density at radius 3 is 2.84 bits per heavy atom. The molecule has 2 spiro atoms. The Morgan fingerprint density at radius 1 is 1.03 bits per heavy atom. The lowest BCUT2D eigenvalue weighted by Gasteiger charge is -2.54. The fraction of sp³-hybridized carbons (Fsp3) is 0.536. The van der Waals surface area contributed by atoms with Crippen molar-refractivity contribution in [3.63, 3.8) is 0 Å². The molecule has 7 atom stereocenters. The molecule has 7 rings (SSSR count). The van der Waals surface area contributed by atoms with Crippen LogP contribution in [0.15, 0.2) is 60.0 Å². The van der Waals surface area contributed by atoms with Crippen molar-refractivity contribution in [3.8, 4) is 0 Å². The van der Waals surface area contributed by atoms with E-state index in [4.69, 9.17) is 4.74 Å². The fourth-order valence-corrected chi connectivity index (χ4v) is 8.25. The van der Waals surface area contributed by atoms with E-state index in [1.807, 2.05) is 12.4 Å². The largest absolute Gasteiger partial charge is 0.390 e. The van der Waals surface area contributed by atoms with Gasteiger partial charge in [-0.3, -0.25) is 4.98 Å². The molecule has 4 nitrogen and oxygen atoms in total. The lowest BCUT2D eigenvalue weighted by atomic mass is 9.58. The molecule has 2 aromatic rings. The minimum atomic E-state index is -0.795. The van der Waals surface area contributed by atoms with Gasteiger partial charge in [-0.25, -0.2) is 0 Å². The highest BCUT2D eigenvalue weighted by Gasteiger charge is 2.67. The van der Waals surface area contributed by atoms with Crippen LogP contribution in [-0.4, -0.2) is 38.6 Å². The lowest BCUT2D eigenvalue weighted by Crippen LogP contribution is -2.56. The number of aliphatic hydroxyl groups is 2. The van der Waals surface area contributed by atoms with E-state index >= 15 is 0 Å². The van der Waals surface area contributed by atoms with Crippen LogP contribution in [0, 0.1) is 11.3 Å². The van der Waals surface area contributed by atoms with Crippen molar-refractivity contribution in [3.05, 3.63) is 65.5 Å². The zero-order valence-corrected chi connectivity index (χ0v) is 18.6. The maximum atomic E-state index is 10.8. The quantitative estimate of drug-likeness (QED) is 0.683. The van der Waals surface area contributed by atoms with Gasteiger partial charge >= 0.3 is 0 Å². The second-order valence-corrected chi connectivity index (χ2v) is 11.2. The molecule has 0 radical (unpaired) electrons. The van der Waals surface area contributed by atoms with Crippen molar-refractivity contribution in [1.29, 1.82) is 0 Å². The molecule has 32 heavy (non-hydrogen) atoms. The zero-order chi connectivity index (χ0) is 21.7. The summed E-state index contributed by atoms with van der Waals surface area (Å²) in [5.41, 5.74) is 3.17. The zero-order valence-electron chi connectivity index (χ0n) is 18.6. The molecule has 3 aliphatic carbocycles.